The quantitative estimate of drug-likeness (QED) is 0.779. The van der Waals surface area contributed by atoms with Gasteiger partial charge in [0, 0.05) is 25.4 Å². The molecule has 0 aliphatic carbocycles. The molecule has 0 atom stereocenters. The molecule has 1 fully saturated rings. The van der Waals surface area contributed by atoms with Gasteiger partial charge in [-0.2, -0.15) is 4.31 Å². The summed E-state index contributed by atoms with van der Waals surface area (Å²) >= 11 is 0. The molecule has 1 aliphatic heterocycles. The molecule has 3 rings (SSSR count). The minimum absolute atomic E-state index is 0.283. The van der Waals surface area contributed by atoms with Crippen LogP contribution in [0.1, 0.15) is 12.8 Å². The second kappa shape index (κ2) is 7.63. The van der Waals surface area contributed by atoms with E-state index in [-0.39, 0.29) is 4.90 Å². The molecule has 1 N–H and O–H groups in total. The molecule has 0 unspecified atom stereocenters. The van der Waals surface area contributed by atoms with Gasteiger partial charge in [-0.3, -0.25) is 0 Å². The number of pyridine rings is 1. The Kier molecular flexibility index (Phi) is 5.32. The summed E-state index contributed by atoms with van der Waals surface area (Å²) in [5.74, 6) is 1.34. The molecule has 128 valence electrons. The van der Waals surface area contributed by atoms with Gasteiger partial charge in [0.2, 0.25) is 10.0 Å². The number of ether oxygens (including phenoxy) is 1. The lowest BCUT2D eigenvalue weighted by Gasteiger charge is -2.16. The number of hydrogen-bond donors (Lipinski definition) is 1. The van der Waals surface area contributed by atoms with Crippen LogP contribution in [0.15, 0.2) is 53.6 Å². The van der Waals surface area contributed by atoms with E-state index >= 15 is 0 Å². The van der Waals surface area contributed by atoms with Crippen molar-refractivity contribution in [2.45, 2.75) is 17.7 Å². The van der Waals surface area contributed by atoms with Crippen LogP contribution in [0.4, 0.5) is 5.82 Å². The van der Waals surface area contributed by atoms with Crippen molar-refractivity contribution in [3.05, 3.63) is 48.7 Å². The second-order valence-electron chi connectivity index (χ2n) is 5.58. The molecule has 0 amide bonds. The van der Waals surface area contributed by atoms with Gasteiger partial charge in [0.1, 0.15) is 18.2 Å². The largest absolute Gasteiger partial charge is 0.492 e. The monoisotopic (exact) mass is 347 g/mol. The lowest BCUT2D eigenvalue weighted by atomic mass is 10.3. The lowest BCUT2D eigenvalue weighted by molar-refractivity contribution is 0.333. The van der Waals surface area contributed by atoms with E-state index in [1.807, 2.05) is 30.3 Å². The SMILES string of the molecule is O=S(=O)(c1ccnc(NCCOc2ccccc2)c1)N1CCCC1. The Morgan fingerprint density at radius 1 is 1.12 bits per heavy atom. The Balaban J connectivity index is 1.57. The number of nitrogens with zero attached hydrogens (tertiary/aromatic N) is 2. The Hall–Kier alpha value is -2.12. The van der Waals surface area contributed by atoms with Gasteiger partial charge in [-0.05, 0) is 31.0 Å². The smallest absolute Gasteiger partial charge is 0.243 e. The van der Waals surface area contributed by atoms with E-state index in [2.05, 4.69) is 10.3 Å². The number of sulfonamides is 1. The van der Waals surface area contributed by atoms with Crippen LogP contribution in [-0.4, -0.2) is 43.9 Å². The third-order valence-electron chi connectivity index (χ3n) is 3.85. The van der Waals surface area contributed by atoms with Gasteiger partial charge in [-0.25, -0.2) is 13.4 Å². The summed E-state index contributed by atoms with van der Waals surface area (Å²) in [6, 6.07) is 12.7. The molecule has 0 bridgehead atoms. The number of para-hydroxylation sites is 1. The third kappa shape index (κ3) is 4.04. The number of anilines is 1. The van der Waals surface area contributed by atoms with Crippen molar-refractivity contribution in [3.63, 3.8) is 0 Å². The van der Waals surface area contributed by atoms with Crippen molar-refractivity contribution in [1.29, 1.82) is 0 Å². The first kappa shape index (κ1) is 16.7. The fraction of sp³-hybridized carbons (Fsp3) is 0.353. The first-order valence-electron chi connectivity index (χ1n) is 8.04. The molecular weight excluding hydrogens is 326 g/mol. The van der Waals surface area contributed by atoms with E-state index in [4.69, 9.17) is 4.74 Å². The average Bonchev–Trinajstić information content (AvgIpc) is 3.15. The van der Waals surface area contributed by atoms with Crippen LogP contribution in [0.25, 0.3) is 0 Å². The average molecular weight is 347 g/mol. The first-order valence-corrected chi connectivity index (χ1v) is 9.48. The summed E-state index contributed by atoms with van der Waals surface area (Å²) in [5, 5.41) is 3.10. The highest BCUT2D eigenvalue weighted by Gasteiger charge is 2.27. The summed E-state index contributed by atoms with van der Waals surface area (Å²) in [5.41, 5.74) is 0. The summed E-state index contributed by atoms with van der Waals surface area (Å²) < 4.78 is 32.2. The molecule has 1 aliphatic rings. The van der Waals surface area contributed by atoms with Crippen molar-refractivity contribution in [2.75, 3.05) is 31.6 Å². The highest BCUT2D eigenvalue weighted by molar-refractivity contribution is 7.89. The summed E-state index contributed by atoms with van der Waals surface area (Å²) in [6.45, 7) is 2.20. The van der Waals surface area contributed by atoms with E-state index in [1.54, 1.807) is 12.1 Å². The maximum absolute atomic E-state index is 12.5. The van der Waals surface area contributed by atoms with Crippen LogP contribution in [0.5, 0.6) is 5.75 Å². The maximum Gasteiger partial charge on any atom is 0.243 e. The Bertz CT molecular complexity index is 760. The molecule has 24 heavy (non-hydrogen) atoms. The van der Waals surface area contributed by atoms with Gasteiger partial charge in [0.25, 0.3) is 0 Å². The summed E-state index contributed by atoms with van der Waals surface area (Å²) in [7, 11) is -3.41. The van der Waals surface area contributed by atoms with Crippen molar-refractivity contribution < 1.29 is 13.2 Å². The van der Waals surface area contributed by atoms with Crippen LogP contribution in [-0.2, 0) is 10.0 Å². The minimum Gasteiger partial charge on any atom is -0.492 e. The topological polar surface area (TPSA) is 71.5 Å². The molecule has 1 saturated heterocycles. The molecular formula is C17H21N3O3S. The lowest BCUT2D eigenvalue weighted by Crippen LogP contribution is -2.28. The van der Waals surface area contributed by atoms with Crippen LogP contribution < -0.4 is 10.1 Å². The van der Waals surface area contributed by atoms with Crippen LogP contribution in [0, 0.1) is 0 Å². The third-order valence-corrected chi connectivity index (χ3v) is 5.75. The van der Waals surface area contributed by atoms with E-state index in [0.29, 0.717) is 32.1 Å². The van der Waals surface area contributed by atoms with Crippen LogP contribution >= 0.6 is 0 Å². The molecule has 1 aromatic heterocycles. The Morgan fingerprint density at radius 3 is 2.62 bits per heavy atom. The number of aromatic nitrogens is 1. The van der Waals surface area contributed by atoms with Gasteiger partial charge in [-0.1, -0.05) is 18.2 Å². The summed E-state index contributed by atoms with van der Waals surface area (Å²) in [6.07, 6.45) is 3.36. The number of hydrogen-bond acceptors (Lipinski definition) is 5. The van der Waals surface area contributed by atoms with Crippen LogP contribution in [0.2, 0.25) is 0 Å². The predicted octanol–water partition coefficient (Wildman–Crippen LogP) is 2.36. The molecule has 2 aromatic rings. The van der Waals surface area contributed by atoms with E-state index in [1.165, 1.54) is 10.5 Å². The molecule has 1 aromatic carbocycles. The number of nitrogens with one attached hydrogen (secondary N) is 1. The predicted molar refractivity (Wildman–Crippen MR) is 92.7 cm³/mol. The molecule has 7 heteroatoms. The number of rotatable bonds is 7. The van der Waals surface area contributed by atoms with Gasteiger partial charge in [-0.15, -0.1) is 0 Å². The van der Waals surface area contributed by atoms with Gasteiger partial charge in [0.05, 0.1) is 11.4 Å². The highest BCUT2D eigenvalue weighted by Crippen LogP contribution is 2.21. The van der Waals surface area contributed by atoms with Crippen molar-refractivity contribution in [1.82, 2.24) is 9.29 Å². The second-order valence-corrected chi connectivity index (χ2v) is 7.51. The minimum atomic E-state index is -3.41. The fourth-order valence-electron chi connectivity index (χ4n) is 2.61. The molecule has 2 heterocycles. The van der Waals surface area contributed by atoms with Crippen molar-refractivity contribution in [2.24, 2.45) is 0 Å². The van der Waals surface area contributed by atoms with Gasteiger partial charge >= 0.3 is 0 Å². The van der Waals surface area contributed by atoms with E-state index in [9.17, 15) is 8.42 Å². The van der Waals surface area contributed by atoms with Crippen molar-refractivity contribution in [3.8, 4) is 5.75 Å². The molecule has 6 nitrogen and oxygen atoms in total. The highest BCUT2D eigenvalue weighted by atomic mass is 32.2. The normalized spacial score (nSPS) is 15.3. The standard InChI is InChI=1S/C17H21N3O3S/c21-24(22,20-11-4-5-12-20)16-8-9-18-17(14-16)19-10-13-23-15-6-2-1-3-7-15/h1-3,6-9,14H,4-5,10-13H2,(H,18,19). The zero-order valence-electron chi connectivity index (χ0n) is 13.4. The van der Waals surface area contributed by atoms with Crippen molar-refractivity contribution >= 4 is 15.8 Å². The fourth-order valence-corrected chi connectivity index (χ4v) is 4.14. The number of benzene rings is 1. The zero-order chi connectivity index (χ0) is 16.8. The zero-order valence-corrected chi connectivity index (χ0v) is 14.2. The summed E-state index contributed by atoms with van der Waals surface area (Å²) in [4.78, 5) is 4.46. The Morgan fingerprint density at radius 2 is 1.88 bits per heavy atom. The van der Waals surface area contributed by atoms with Gasteiger partial charge < -0.3 is 10.1 Å². The van der Waals surface area contributed by atoms with E-state index in [0.717, 1.165) is 18.6 Å². The first-order chi connectivity index (χ1) is 11.7. The molecule has 0 saturated carbocycles. The van der Waals surface area contributed by atoms with E-state index < -0.39 is 10.0 Å². The molecule has 0 radical (unpaired) electrons. The Labute approximate surface area is 142 Å². The van der Waals surface area contributed by atoms with Gasteiger partial charge in [0.15, 0.2) is 0 Å². The van der Waals surface area contributed by atoms with Crippen LogP contribution in [0.3, 0.4) is 0 Å². The molecule has 0 spiro atoms. The maximum atomic E-state index is 12.5.